The van der Waals surface area contributed by atoms with Crippen LogP contribution in [-0.2, 0) is 26.2 Å². The molecule has 0 fully saturated rings. The molecule has 0 bridgehead atoms. The van der Waals surface area contributed by atoms with E-state index in [-0.39, 0.29) is 0 Å². The average Bonchev–Trinajstić information content (AvgIpc) is 2.93. The molecule has 0 aliphatic rings. The van der Waals surface area contributed by atoms with Crippen molar-refractivity contribution in [3.8, 4) is 0 Å². The van der Waals surface area contributed by atoms with Gasteiger partial charge in [-0.15, -0.1) is 0 Å². The molecule has 128 valence electrons. The van der Waals surface area contributed by atoms with E-state index in [4.69, 9.17) is 13.3 Å². The maximum atomic E-state index is 5.87. The summed E-state index contributed by atoms with van der Waals surface area (Å²) in [6, 6.07) is 0.815. The zero-order chi connectivity index (χ0) is 16.3. The van der Waals surface area contributed by atoms with Gasteiger partial charge in [-0.1, -0.05) is 13.3 Å². The van der Waals surface area contributed by atoms with Crippen molar-refractivity contribution in [3.05, 3.63) is 12.2 Å². The summed E-state index contributed by atoms with van der Waals surface area (Å²) in [5.74, 6) is 1.07. The topological polar surface area (TPSA) is 58.4 Å². The lowest BCUT2D eigenvalue weighted by molar-refractivity contribution is 0.0704. The van der Waals surface area contributed by atoms with Crippen LogP contribution in [0.4, 0.5) is 0 Å². The van der Waals surface area contributed by atoms with E-state index in [1.807, 2.05) is 25.5 Å². The summed E-state index contributed by atoms with van der Waals surface area (Å²) < 4.78 is 19.6. The van der Waals surface area contributed by atoms with Crippen LogP contribution in [0.15, 0.2) is 6.33 Å². The van der Waals surface area contributed by atoms with Crippen LogP contribution in [0.1, 0.15) is 52.8 Å². The van der Waals surface area contributed by atoms with Crippen LogP contribution >= 0.6 is 0 Å². The summed E-state index contributed by atoms with van der Waals surface area (Å²) in [6.07, 6.45) is 5.87. The van der Waals surface area contributed by atoms with E-state index in [1.165, 1.54) is 6.42 Å². The molecule has 0 aliphatic carbocycles. The van der Waals surface area contributed by atoms with Gasteiger partial charge in [0.25, 0.3) is 0 Å². The van der Waals surface area contributed by atoms with Crippen molar-refractivity contribution in [1.29, 1.82) is 0 Å². The first kappa shape index (κ1) is 19.3. The Morgan fingerprint density at radius 3 is 2.18 bits per heavy atom. The van der Waals surface area contributed by atoms with Crippen LogP contribution < -0.4 is 0 Å². The molecule has 1 aromatic rings. The Morgan fingerprint density at radius 1 is 1.00 bits per heavy atom. The Kier molecular flexibility index (Phi) is 9.54. The number of nitrogens with zero attached hydrogens (tertiary/aromatic N) is 3. The largest absolute Gasteiger partial charge is 0.500 e. The Balaban J connectivity index is 2.56. The quantitative estimate of drug-likeness (QED) is 0.521. The lowest BCUT2D eigenvalue weighted by Gasteiger charge is -2.28. The van der Waals surface area contributed by atoms with Gasteiger partial charge >= 0.3 is 8.80 Å². The summed E-state index contributed by atoms with van der Waals surface area (Å²) in [6.45, 7) is 10.8. The normalized spacial score (nSPS) is 12.0. The van der Waals surface area contributed by atoms with E-state index in [2.05, 4.69) is 17.0 Å². The van der Waals surface area contributed by atoms with Crippen molar-refractivity contribution >= 4 is 8.80 Å². The molecule has 0 unspecified atom stereocenters. The van der Waals surface area contributed by atoms with Gasteiger partial charge in [-0.2, -0.15) is 5.10 Å². The Bertz CT molecular complexity index is 384. The Morgan fingerprint density at radius 2 is 1.64 bits per heavy atom. The summed E-state index contributed by atoms with van der Waals surface area (Å²) in [5.41, 5.74) is 0. The Hall–Kier alpha value is -0.763. The fourth-order valence-corrected chi connectivity index (χ4v) is 5.04. The van der Waals surface area contributed by atoms with Gasteiger partial charge in [0.1, 0.15) is 12.2 Å². The minimum Gasteiger partial charge on any atom is -0.374 e. The number of aryl methyl sites for hydroxylation is 2. The van der Waals surface area contributed by atoms with Gasteiger partial charge in [0, 0.05) is 38.8 Å². The molecule has 7 heteroatoms. The predicted molar refractivity (Wildman–Crippen MR) is 88.7 cm³/mol. The zero-order valence-electron chi connectivity index (χ0n) is 14.5. The summed E-state index contributed by atoms with van der Waals surface area (Å²) in [4.78, 5) is 4.35. The Labute approximate surface area is 135 Å². The van der Waals surface area contributed by atoms with E-state index in [0.29, 0.717) is 19.8 Å². The summed E-state index contributed by atoms with van der Waals surface area (Å²) in [5, 5.41) is 4.33. The molecule has 1 aromatic heterocycles. The SMILES string of the molecule is CCCCc1ncnn1CCC[Si](OCC)(OCC)OCC. The monoisotopic (exact) mass is 329 g/mol. The second-order valence-corrected chi connectivity index (χ2v) is 7.82. The predicted octanol–water partition coefficient (Wildman–Crippen LogP) is 3.06. The van der Waals surface area contributed by atoms with Crippen LogP contribution in [0.3, 0.4) is 0 Å². The van der Waals surface area contributed by atoms with Crippen molar-refractivity contribution < 1.29 is 13.3 Å². The molecule has 0 spiro atoms. The molecule has 6 nitrogen and oxygen atoms in total. The first-order chi connectivity index (χ1) is 10.7. The number of aromatic nitrogens is 3. The third-order valence-electron chi connectivity index (χ3n) is 3.40. The highest BCUT2D eigenvalue weighted by Gasteiger charge is 2.39. The molecule has 0 N–H and O–H groups in total. The van der Waals surface area contributed by atoms with Crippen LogP contribution in [-0.4, -0.2) is 43.4 Å². The van der Waals surface area contributed by atoms with Gasteiger partial charge < -0.3 is 13.3 Å². The molecular formula is C15H31N3O3Si. The van der Waals surface area contributed by atoms with Gasteiger partial charge in [0.2, 0.25) is 0 Å². The van der Waals surface area contributed by atoms with E-state index < -0.39 is 8.80 Å². The van der Waals surface area contributed by atoms with E-state index in [9.17, 15) is 0 Å². The zero-order valence-corrected chi connectivity index (χ0v) is 15.5. The standard InChI is InChI=1S/C15H31N3O3Si/c1-5-9-11-15-16-14-17-18(15)12-10-13-22(19-6-2,20-7-3)21-8-4/h14H,5-13H2,1-4H3. The molecular weight excluding hydrogens is 298 g/mol. The maximum Gasteiger partial charge on any atom is 0.500 e. The fourth-order valence-electron chi connectivity index (χ4n) is 2.45. The number of unbranched alkanes of at least 4 members (excludes halogenated alkanes) is 1. The highest BCUT2D eigenvalue weighted by molar-refractivity contribution is 6.60. The minimum atomic E-state index is -2.53. The number of hydrogen-bond acceptors (Lipinski definition) is 5. The van der Waals surface area contributed by atoms with Crippen LogP contribution in [0, 0.1) is 0 Å². The molecule has 0 radical (unpaired) electrons. The molecule has 0 amide bonds. The number of hydrogen-bond donors (Lipinski definition) is 0. The average molecular weight is 330 g/mol. The van der Waals surface area contributed by atoms with Crippen molar-refractivity contribution in [2.24, 2.45) is 0 Å². The van der Waals surface area contributed by atoms with Gasteiger partial charge in [-0.05, 0) is 33.6 Å². The third-order valence-corrected chi connectivity index (χ3v) is 6.55. The highest BCUT2D eigenvalue weighted by atomic mass is 28.4. The second-order valence-electron chi connectivity index (χ2n) is 5.09. The van der Waals surface area contributed by atoms with E-state index in [0.717, 1.165) is 37.7 Å². The molecule has 22 heavy (non-hydrogen) atoms. The summed E-state index contributed by atoms with van der Waals surface area (Å²) >= 11 is 0. The first-order valence-electron chi connectivity index (χ1n) is 8.49. The van der Waals surface area contributed by atoms with Gasteiger partial charge in [0.05, 0.1) is 0 Å². The number of rotatable bonds is 13. The van der Waals surface area contributed by atoms with Crippen LogP contribution in [0.25, 0.3) is 0 Å². The smallest absolute Gasteiger partial charge is 0.374 e. The van der Waals surface area contributed by atoms with Gasteiger partial charge in [-0.25, -0.2) is 4.98 Å². The molecule has 0 aliphatic heterocycles. The lowest BCUT2D eigenvalue weighted by Crippen LogP contribution is -2.46. The van der Waals surface area contributed by atoms with Crippen molar-refractivity contribution in [2.75, 3.05) is 19.8 Å². The van der Waals surface area contributed by atoms with Gasteiger partial charge in [0.15, 0.2) is 0 Å². The molecule has 1 heterocycles. The third kappa shape index (κ3) is 6.16. The lowest BCUT2D eigenvalue weighted by atomic mass is 10.2. The van der Waals surface area contributed by atoms with Gasteiger partial charge in [-0.3, -0.25) is 4.68 Å². The molecule has 1 rings (SSSR count). The maximum absolute atomic E-state index is 5.87. The summed E-state index contributed by atoms with van der Waals surface area (Å²) in [7, 11) is -2.53. The molecule has 0 aromatic carbocycles. The van der Waals surface area contributed by atoms with Crippen molar-refractivity contribution in [1.82, 2.24) is 14.8 Å². The van der Waals surface area contributed by atoms with Crippen molar-refractivity contribution in [2.45, 2.75) is 66.0 Å². The van der Waals surface area contributed by atoms with Crippen molar-refractivity contribution in [3.63, 3.8) is 0 Å². The minimum absolute atomic E-state index is 0.622. The molecule has 0 saturated carbocycles. The second kappa shape index (κ2) is 10.9. The van der Waals surface area contributed by atoms with E-state index in [1.54, 1.807) is 6.33 Å². The first-order valence-corrected chi connectivity index (χ1v) is 10.4. The van der Waals surface area contributed by atoms with Crippen LogP contribution in [0.2, 0.25) is 6.04 Å². The molecule has 0 atom stereocenters. The highest BCUT2D eigenvalue weighted by Crippen LogP contribution is 2.19. The van der Waals surface area contributed by atoms with Crippen LogP contribution in [0.5, 0.6) is 0 Å². The van der Waals surface area contributed by atoms with E-state index >= 15 is 0 Å². The fraction of sp³-hybridized carbons (Fsp3) is 0.867. The molecule has 0 saturated heterocycles.